The predicted molar refractivity (Wildman–Crippen MR) is 63.6 cm³/mol. The highest BCUT2D eigenvalue weighted by atomic mass is 35.5. The van der Waals surface area contributed by atoms with Crippen LogP contribution in [0.15, 0.2) is 29.1 Å². The van der Waals surface area contributed by atoms with E-state index in [9.17, 15) is 14.9 Å². The molecule has 9 heteroatoms. The average molecular weight is 283 g/mol. The number of carbonyl (C=O) groups is 1. The number of nitro groups is 1. The van der Waals surface area contributed by atoms with Crippen molar-refractivity contribution in [2.45, 2.75) is 6.54 Å². The zero-order valence-corrected chi connectivity index (χ0v) is 10.1. The van der Waals surface area contributed by atoms with Crippen LogP contribution in [0.1, 0.15) is 16.1 Å². The van der Waals surface area contributed by atoms with Gasteiger partial charge in [0, 0.05) is 12.3 Å². The Balaban J connectivity index is 2.19. The summed E-state index contributed by atoms with van der Waals surface area (Å²) in [4.78, 5) is 25.5. The molecule has 0 atom stereocenters. The van der Waals surface area contributed by atoms with Gasteiger partial charge in [-0.15, -0.1) is 0 Å². The average Bonchev–Trinajstić information content (AvgIpc) is 2.88. The smallest absolute Gasteiger partial charge is 0.319 e. The zero-order valence-electron chi connectivity index (χ0n) is 9.37. The first-order valence-corrected chi connectivity index (χ1v) is 5.43. The number of nitrogens with zero attached hydrogens (tertiary/aromatic N) is 3. The van der Waals surface area contributed by atoms with Gasteiger partial charge in [-0.2, -0.15) is 0 Å². The summed E-state index contributed by atoms with van der Waals surface area (Å²) >= 11 is 5.61. The highest BCUT2D eigenvalue weighted by molar-refractivity contribution is 6.32. The van der Waals surface area contributed by atoms with Crippen LogP contribution in [0, 0.1) is 10.1 Å². The molecular weight excluding hydrogens is 276 g/mol. The lowest BCUT2D eigenvalue weighted by Gasteiger charge is -2.04. The number of rotatable bonds is 4. The van der Waals surface area contributed by atoms with Crippen molar-refractivity contribution in [3.8, 4) is 0 Å². The van der Waals surface area contributed by atoms with Gasteiger partial charge in [-0.3, -0.25) is 14.9 Å². The maximum atomic E-state index is 11.9. The molecule has 1 N–H and O–H groups in total. The second kappa shape index (κ2) is 5.44. The van der Waals surface area contributed by atoms with Crippen LogP contribution in [0.5, 0.6) is 0 Å². The lowest BCUT2D eigenvalue weighted by atomic mass is 10.2. The number of amides is 1. The molecule has 0 aliphatic heterocycles. The standard InChI is InChI=1S/C10H7ClN4O4/c11-9-8(15(17)18)7(1-3-12-9)10(16)13-5-6-2-4-19-14-6/h1-4H,5H2,(H,13,16). The summed E-state index contributed by atoms with van der Waals surface area (Å²) in [5.41, 5.74) is -0.188. The summed E-state index contributed by atoms with van der Waals surface area (Å²) in [5, 5.41) is 16.6. The minimum Gasteiger partial charge on any atom is -0.364 e. The Morgan fingerprint density at radius 2 is 2.32 bits per heavy atom. The Kier molecular flexibility index (Phi) is 3.71. The summed E-state index contributed by atoms with van der Waals surface area (Å²) < 4.78 is 4.59. The number of aromatic nitrogens is 2. The van der Waals surface area contributed by atoms with E-state index in [0.717, 1.165) is 0 Å². The van der Waals surface area contributed by atoms with E-state index in [1.54, 1.807) is 6.07 Å². The quantitative estimate of drug-likeness (QED) is 0.517. The molecule has 2 aromatic heterocycles. The molecule has 0 fully saturated rings. The van der Waals surface area contributed by atoms with Gasteiger partial charge in [0.15, 0.2) is 0 Å². The van der Waals surface area contributed by atoms with Gasteiger partial charge in [0.2, 0.25) is 5.15 Å². The third kappa shape index (κ3) is 2.86. The van der Waals surface area contributed by atoms with Crippen molar-refractivity contribution < 1.29 is 14.2 Å². The largest absolute Gasteiger partial charge is 0.364 e. The van der Waals surface area contributed by atoms with E-state index in [-0.39, 0.29) is 17.3 Å². The van der Waals surface area contributed by atoms with Crippen LogP contribution in [-0.2, 0) is 6.54 Å². The van der Waals surface area contributed by atoms with E-state index < -0.39 is 16.5 Å². The Labute approximate surface area is 111 Å². The van der Waals surface area contributed by atoms with Crippen molar-refractivity contribution in [3.63, 3.8) is 0 Å². The van der Waals surface area contributed by atoms with E-state index in [1.807, 2.05) is 0 Å². The zero-order chi connectivity index (χ0) is 13.8. The molecule has 0 spiro atoms. The van der Waals surface area contributed by atoms with Gasteiger partial charge in [-0.1, -0.05) is 16.8 Å². The van der Waals surface area contributed by atoms with Crippen LogP contribution in [0.2, 0.25) is 5.15 Å². The molecule has 2 heterocycles. The molecule has 0 bridgehead atoms. The first-order chi connectivity index (χ1) is 9.09. The van der Waals surface area contributed by atoms with Gasteiger partial charge >= 0.3 is 5.69 Å². The topological polar surface area (TPSA) is 111 Å². The van der Waals surface area contributed by atoms with Crippen molar-refractivity contribution in [1.82, 2.24) is 15.5 Å². The van der Waals surface area contributed by atoms with Crippen LogP contribution in [-0.4, -0.2) is 21.0 Å². The molecule has 2 rings (SSSR count). The normalized spacial score (nSPS) is 10.2. The van der Waals surface area contributed by atoms with Gasteiger partial charge in [-0.05, 0) is 6.07 Å². The van der Waals surface area contributed by atoms with Crippen molar-refractivity contribution in [3.05, 3.63) is 51.1 Å². The number of pyridine rings is 1. The molecule has 0 aromatic carbocycles. The maximum absolute atomic E-state index is 11.9. The summed E-state index contributed by atoms with van der Waals surface area (Å²) in [6.07, 6.45) is 2.58. The van der Waals surface area contributed by atoms with Crippen LogP contribution < -0.4 is 5.32 Å². The highest BCUT2D eigenvalue weighted by Gasteiger charge is 2.24. The molecule has 0 aliphatic rings. The molecule has 0 radical (unpaired) electrons. The number of carbonyl (C=O) groups excluding carboxylic acids is 1. The third-order valence-corrected chi connectivity index (χ3v) is 2.50. The van der Waals surface area contributed by atoms with Crippen molar-refractivity contribution in [1.29, 1.82) is 0 Å². The van der Waals surface area contributed by atoms with Gasteiger partial charge in [0.1, 0.15) is 17.5 Å². The molecule has 0 saturated carbocycles. The fourth-order valence-electron chi connectivity index (χ4n) is 1.38. The monoisotopic (exact) mass is 282 g/mol. The van der Waals surface area contributed by atoms with Crippen molar-refractivity contribution in [2.24, 2.45) is 0 Å². The summed E-state index contributed by atoms with van der Waals surface area (Å²) in [7, 11) is 0. The molecular formula is C10H7ClN4O4. The van der Waals surface area contributed by atoms with E-state index in [1.165, 1.54) is 18.5 Å². The fraction of sp³-hybridized carbons (Fsp3) is 0.100. The van der Waals surface area contributed by atoms with E-state index in [4.69, 9.17) is 11.6 Å². The molecule has 0 aliphatic carbocycles. The predicted octanol–water partition coefficient (Wildman–Crippen LogP) is 1.56. The summed E-state index contributed by atoms with van der Waals surface area (Å²) in [6, 6.07) is 2.79. The maximum Gasteiger partial charge on any atom is 0.319 e. The summed E-state index contributed by atoms with van der Waals surface area (Å²) in [5.74, 6) is -0.640. The second-order valence-electron chi connectivity index (χ2n) is 3.43. The Morgan fingerprint density at radius 3 is 2.95 bits per heavy atom. The Morgan fingerprint density at radius 1 is 1.53 bits per heavy atom. The fourth-order valence-corrected chi connectivity index (χ4v) is 1.61. The lowest BCUT2D eigenvalue weighted by Crippen LogP contribution is -2.24. The number of halogens is 1. The molecule has 2 aromatic rings. The minimum absolute atomic E-state index is 0.0897. The first kappa shape index (κ1) is 13.0. The SMILES string of the molecule is O=C(NCc1ccon1)c1ccnc(Cl)c1[N+](=O)[O-]. The third-order valence-electron chi connectivity index (χ3n) is 2.23. The van der Waals surface area contributed by atoms with Gasteiger partial charge < -0.3 is 9.84 Å². The Hall–Kier alpha value is -2.48. The highest BCUT2D eigenvalue weighted by Crippen LogP contribution is 2.25. The molecule has 8 nitrogen and oxygen atoms in total. The summed E-state index contributed by atoms with van der Waals surface area (Å²) in [6.45, 7) is 0.0897. The molecule has 0 saturated heterocycles. The lowest BCUT2D eigenvalue weighted by molar-refractivity contribution is -0.385. The second-order valence-corrected chi connectivity index (χ2v) is 3.79. The molecule has 1 amide bonds. The molecule has 98 valence electrons. The van der Waals surface area contributed by atoms with Crippen LogP contribution in [0.4, 0.5) is 5.69 Å². The van der Waals surface area contributed by atoms with Gasteiger partial charge in [0.25, 0.3) is 5.91 Å². The van der Waals surface area contributed by atoms with Crippen molar-refractivity contribution >= 4 is 23.2 Å². The van der Waals surface area contributed by atoms with Crippen LogP contribution in [0.3, 0.4) is 0 Å². The van der Waals surface area contributed by atoms with Crippen LogP contribution in [0.25, 0.3) is 0 Å². The van der Waals surface area contributed by atoms with Crippen LogP contribution >= 0.6 is 11.6 Å². The first-order valence-electron chi connectivity index (χ1n) is 5.06. The number of hydrogen-bond donors (Lipinski definition) is 1. The van der Waals surface area contributed by atoms with Gasteiger partial charge in [0.05, 0.1) is 11.5 Å². The van der Waals surface area contributed by atoms with Gasteiger partial charge in [-0.25, -0.2) is 4.98 Å². The number of nitrogens with one attached hydrogen (secondary N) is 1. The molecule has 19 heavy (non-hydrogen) atoms. The Bertz CT molecular complexity index is 614. The number of hydrogen-bond acceptors (Lipinski definition) is 6. The van der Waals surface area contributed by atoms with E-state index >= 15 is 0 Å². The van der Waals surface area contributed by atoms with E-state index in [0.29, 0.717) is 5.69 Å². The minimum atomic E-state index is -0.750. The van der Waals surface area contributed by atoms with E-state index in [2.05, 4.69) is 20.0 Å². The molecule has 0 unspecified atom stereocenters. The van der Waals surface area contributed by atoms with Crippen molar-refractivity contribution in [2.75, 3.05) is 0 Å².